The summed E-state index contributed by atoms with van der Waals surface area (Å²) in [6.07, 6.45) is 5.96. The number of amides is 1. The summed E-state index contributed by atoms with van der Waals surface area (Å²) in [5.74, 6) is -0.282. The SMILES string of the molecule is Cn1cncc1C(C(N)=O)N1CCN2CCC[C@@H]2C1. The van der Waals surface area contributed by atoms with Crippen LogP contribution in [-0.4, -0.2) is 57.5 Å². The summed E-state index contributed by atoms with van der Waals surface area (Å²) >= 11 is 0. The molecule has 1 aromatic rings. The van der Waals surface area contributed by atoms with E-state index in [4.69, 9.17) is 5.73 Å². The molecular formula is C13H21N5O. The lowest BCUT2D eigenvalue weighted by Gasteiger charge is -2.40. The van der Waals surface area contributed by atoms with Crippen molar-refractivity contribution >= 4 is 5.91 Å². The molecule has 104 valence electrons. The van der Waals surface area contributed by atoms with Crippen molar-refractivity contribution in [3.63, 3.8) is 0 Å². The topological polar surface area (TPSA) is 67.4 Å². The number of primary amides is 1. The number of aryl methyl sites for hydroxylation is 1. The Morgan fingerprint density at radius 1 is 1.47 bits per heavy atom. The highest BCUT2D eigenvalue weighted by Crippen LogP contribution is 2.27. The minimum atomic E-state index is -0.352. The molecule has 0 bridgehead atoms. The van der Waals surface area contributed by atoms with Gasteiger partial charge in [-0.3, -0.25) is 14.6 Å². The van der Waals surface area contributed by atoms with Crippen LogP contribution in [-0.2, 0) is 11.8 Å². The highest BCUT2D eigenvalue weighted by atomic mass is 16.1. The molecule has 3 heterocycles. The van der Waals surface area contributed by atoms with E-state index in [1.807, 2.05) is 11.6 Å². The number of fused-ring (bicyclic) bond motifs is 1. The van der Waals surface area contributed by atoms with E-state index >= 15 is 0 Å². The maximum Gasteiger partial charge on any atom is 0.240 e. The number of hydrogen-bond acceptors (Lipinski definition) is 4. The molecule has 0 radical (unpaired) electrons. The zero-order valence-electron chi connectivity index (χ0n) is 11.3. The number of rotatable bonds is 3. The van der Waals surface area contributed by atoms with Gasteiger partial charge in [0.2, 0.25) is 5.91 Å². The van der Waals surface area contributed by atoms with Crippen molar-refractivity contribution in [3.05, 3.63) is 18.2 Å². The van der Waals surface area contributed by atoms with Gasteiger partial charge < -0.3 is 10.3 Å². The number of nitrogens with zero attached hydrogens (tertiary/aromatic N) is 4. The van der Waals surface area contributed by atoms with Crippen LogP contribution in [0.5, 0.6) is 0 Å². The molecule has 1 aromatic heterocycles. The van der Waals surface area contributed by atoms with Gasteiger partial charge in [-0.2, -0.15) is 0 Å². The summed E-state index contributed by atoms with van der Waals surface area (Å²) in [6, 6.07) is 0.235. The van der Waals surface area contributed by atoms with Crippen molar-refractivity contribution in [2.45, 2.75) is 24.9 Å². The smallest absolute Gasteiger partial charge is 0.240 e. The average molecular weight is 263 g/mol. The molecule has 1 unspecified atom stereocenters. The third-order valence-electron chi connectivity index (χ3n) is 4.39. The fourth-order valence-electron chi connectivity index (χ4n) is 3.39. The Balaban J connectivity index is 1.81. The first kappa shape index (κ1) is 12.6. The van der Waals surface area contributed by atoms with Crippen LogP contribution in [0.4, 0.5) is 0 Å². The summed E-state index contributed by atoms with van der Waals surface area (Å²) in [5, 5.41) is 0. The summed E-state index contributed by atoms with van der Waals surface area (Å²) in [6.45, 7) is 4.06. The molecule has 1 amide bonds. The van der Waals surface area contributed by atoms with Gasteiger partial charge in [-0.05, 0) is 19.4 Å². The van der Waals surface area contributed by atoms with Crippen LogP contribution in [0.3, 0.4) is 0 Å². The predicted octanol–water partition coefficient (Wildman–Crippen LogP) is -0.273. The molecule has 6 heteroatoms. The predicted molar refractivity (Wildman–Crippen MR) is 71.3 cm³/mol. The maximum absolute atomic E-state index is 11.9. The maximum atomic E-state index is 11.9. The van der Waals surface area contributed by atoms with Gasteiger partial charge in [0.25, 0.3) is 0 Å². The monoisotopic (exact) mass is 263 g/mol. The zero-order valence-corrected chi connectivity index (χ0v) is 11.3. The molecule has 2 fully saturated rings. The van der Waals surface area contributed by atoms with Crippen LogP contribution in [0, 0.1) is 0 Å². The van der Waals surface area contributed by atoms with E-state index in [0.29, 0.717) is 6.04 Å². The summed E-state index contributed by atoms with van der Waals surface area (Å²) in [5.41, 5.74) is 6.52. The van der Waals surface area contributed by atoms with E-state index in [1.54, 1.807) is 12.5 Å². The van der Waals surface area contributed by atoms with E-state index in [2.05, 4.69) is 14.8 Å². The van der Waals surface area contributed by atoms with Crippen molar-refractivity contribution < 1.29 is 4.79 Å². The molecule has 0 saturated carbocycles. The van der Waals surface area contributed by atoms with Gasteiger partial charge in [0, 0.05) is 32.7 Å². The number of carbonyl (C=O) groups excluding carboxylic acids is 1. The standard InChI is InChI=1S/C13H21N5O/c1-16-9-15-7-11(16)12(13(14)19)18-6-5-17-4-2-3-10(17)8-18/h7,9-10,12H,2-6,8H2,1H3,(H2,14,19)/t10-,12?/m1/s1. The summed E-state index contributed by atoms with van der Waals surface area (Å²) in [4.78, 5) is 20.7. The van der Waals surface area contributed by atoms with E-state index in [-0.39, 0.29) is 11.9 Å². The lowest BCUT2D eigenvalue weighted by molar-refractivity contribution is -0.124. The van der Waals surface area contributed by atoms with E-state index in [9.17, 15) is 4.79 Å². The molecule has 2 saturated heterocycles. The second kappa shape index (κ2) is 4.94. The van der Waals surface area contributed by atoms with Gasteiger partial charge in [-0.15, -0.1) is 0 Å². The fourth-order valence-corrected chi connectivity index (χ4v) is 3.39. The van der Waals surface area contributed by atoms with Gasteiger partial charge in [0.1, 0.15) is 6.04 Å². The molecule has 0 spiro atoms. The molecule has 2 aliphatic heterocycles. The highest BCUT2D eigenvalue weighted by Gasteiger charge is 2.36. The lowest BCUT2D eigenvalue weighted by atomic mass is 10.1. The van der Waals surface area contributed by atoms with Gasteiger partial charge in [-0.1, -0.05) is 0 Å². The van der Waals surface area contributed by atoms with Gasteiger partial charge in [-0.25, -0.2) is 4.98 Å². The van der Waals surface area contributed by atoms with Crippen molar-refractivity contribution in [2.24, 2.45) is 12.8 Å². The first-order valence-corrected chi connectivity index (χ1v) is 6.90. The Bertz CT molecular complexity index is 471. The van der Waals surface area contributed by atoms with Crippen LogP contribution < -0.4 is 5.73 Å². The van der Waals surface area contributed by atoms with E-state index in [0.717, 1.165) is 25.3 Å². The number of nitrogens with two attached hydrogens (primary N) is 1. The molecular weight excluding hydrogens is 242 g/mol. The normalized spacial score (nSPS) is 26.3. The van der Waals surface area contributed by atoms with Crippen molar-refractivity contribution in [3.8, 4) is 0 Å². The second-order valence-corrected chi connectivity index (χ2v) is 5.56. The van der Waals surface area contributed by atoms with Crippen LogP contribution in [0.2, 0.25) is 0 Å². The molecule has 2 atom stereocenters. The van der Waals surface area contributed by atoms with Gasteiger partial charge in [0.15, 0.2) is 0 Å². The first-order chi connectivity index (χ1) is 9.16. The van der Waals surface area contributed by atoms with Crippen molar-refractivity contribution in [2.75, 3.05) is 26.2 Å². The van der Waals surface area contributed by atoms with Gasteiger partial charge >= 0.3 is 0 Å². The zero-order chi connectivity index (χ0) is 13.4. The Kier molecular flexibility index (Phi) is 3.28. The Labute approximate surface area is 113 Å². The molecule has 2 aliphatic rings. The molecule has 0 aromatic carbocycles. The van der Waals surface area contributed by atoms with Crippen LogP contribution in [0.1, 0.15) is 24.6 Å². The van der Waals surface area contributed by atoms with Crippen molar-refractivity contribution in [1.82, 2.24) is 19.4 Å². The summed E-state index contributed by atoms with van der Waals surface area (Å²) in [7, 11) is 1.91. The van der Waals surface area contributed by atoms with Crippen LogP contribution >= 0.6 is 0 Å². The summed E-state index contributed by atoms with van der Waals surface area (Å²) < 4.78 is 1.89. The Morgan fingerprint density at radius 2 is 2.32 bits per heavy atom. The fraction of sp³-hybridized carbons (Fsp3) is 0.692. The first-order valence-electron chi connectivity index (χ1n) is 6.90. The Hall–Kier alpha value is -1.40. The van der Waals surface area contributed by atoms with Gasteiger partial charge in [0.05, 0.1) is 18.2 Å². The quantitative estimate of drug-likeness (QED) is 0.815. The molecule has 0 aliphatic carbocycles. The second-order valence-electron chi connectivity index (χ2n) is 5.56. The van der Waals surface area contributed by atoms with Crippen molar-refractivity contribution in [1.29, 1.82) is 0 Å². The molecule has 19 heavy (non-hydrogen) atoms. The largest absolute Gasteiger partial charge is 0.368 e. The molecule has 2 N–H and O–H groups in total. The third kappa shape index (κ3) is 2.26. The number of piperazine rings is 1. The molecule has 3 rings (SSSR count). The number of imidazole rings is 1. The average Bonchev–Trinajstić information content (AvgIpc) is 2.98. The van der Waals surface area contributed by atoms with E-state index in [1.165, 1.54) is 19.4 Å². The van der Waals surface area contributed by atoms with Crippen LogP contribution in [0.25, 0.3) is 0 Å². The number of aromatic nitrogens is 2. The lowest BCUT2D eigenvalue weighted by Crippen LogP contribution is -2.53. The van der Waals surface area contributed by atoms with Crippen LogP contribution in [0.15, 0.2) is 12.5 Å². The third-order valence-corrected chi connectivity index (χ3v) is 4.39. The van der Waals surface area contributed by atoms with E-state index < -0.39 is 0 Å². The Morgan fingerprint density at radius 3 is 3.00 bits per heavy atom. The number of carbonyl (C=O) groups is 1. The minimum absolute atomic E-state index is 0.282. The number of hydrogen-bond donors (Lipinski definition) is 1. The molecule has 6 nitrogen and oxygen atoms in total. The minimum Gasteiger partial charge on any atom is -0.368 e. The highest BCUT2D eigenvalue weighted by molar-refractivity contribution is 5.81.